The first-order chi connectivity index (χ1) is 11.9. The number of hydrogen-bond acceptors (Lipinski definition) is 9. The lowest BCUT2D eigenvalue weighted by atomic mass is 10.1. The van der Waals surface area contributed by atoms with Crippen LogP contribution in [-0.2, 0) is 38.1 Å². The minimum Gasteiger partial charge on any atom is -0.465 e. The summed E-state index contributed by atoms with van der Waals surface area (Å²) in [6.45, 7) is 4.54. The second kappa shape index (κ2) is 11.4. The molecule has 0 radical (unpaired) electrons. The Hall–Kier alpha value is -2.16. The maximum atomic E-state index is 11.8. The number of carbonyl (C=O) groups excluding carboxylic acids is 4. The van der Waals surface area contributed by atoms with Crippen LogP contribution >= 0.6 is 0 Å². The van der Waals surface area contributed by atoms with Gasteiger partial charge in [-0.25, -0.2) is 0 Å². The van der Waals surface area contributed by atoms with Gasteiger partial charge in [-0.15, -0.1) is 0 Å². The Morgan fingerprint density at radius 1 is 1.04 bits per heavy atom. The van der Waals surface area contributed by atoms with Crippen molar-refractivity contribution in [2.45, 2.75) is 26.7 Å². The SMILES string of the molecule is CC(=O)OCCN(CCOC(C)=O)CCC(=O)OCC1CCOC1=O. The highest BCUT2D eigenvalue weighted by atomic mass is 16.6. The Morgan fingerprint density at radius 2 is 1.64 bits per heavy atom. The molecule has 9 heteroatoms. The van der Waals surface area contributed by atoms with Gasteiger partial charge in [0.2, 0.25) is 0 Å². The summed E-state index contributed by atoms with van der Waals surface area (Å²) in [5, 5.41) is 0. The number of cyclic esters (lactones) is 1. The zero-order valence-corrected chi connectivity index (χ0v) is 14.7. The first-order valence-corrected chi connectivity index (χ1v) is 8.20. The molecular weight excluding hydrogens is 334 g/mol. The van der Waals surface area contributed by atoms with Gasteiger partial charge >= 0.3 is 23.9 Å². The van der Waals surface area contributed by atoms with Gasteiger partial charge in [0, 0.05) is 33.5 Å². The predicted octanol–water partition coefficient (Wildman–Crippen LogP) is -0.0890. The van der Waals surface area contributed by atoms with E-state index >= 15 is 0 Å². The van der Waals surface area contributed by atoms with Crippen molar-refractivity contribution in [2.75, 3.05) is 46.1 Å². The monoisotopic (exact) mass is 359 g/mol. The van der Waals surface area contributed by atoms with E-state index in [4.69, 9.17) is 18.9 Å². The summed E-state index contributed by atoms with van der Waals surface area (Å²) in [5.41, 5.74) is 0. The lowest BCUT2D eigenvalue weighted by molar-refractivity contribution is -0.150. The minimum absolute atomic E-state index is 0.0264. The number of esters is 4. The van der Waals surface area contributed by atoms with Gasteiger partial charge in [0.1, 0.15) is 19.8 Å². The van der Waals surface area contributed by atoms with Crippen LogP contribution in [-0.4, -0.2) is 74.8 Å². The smallest absolute Gasteiger partial charge is 0.312 e. The van der Waals surface area contributed by atoms with E-state index in [1.165, 1.54) is 13.8 Å². The average molecular weight is 359 g/mol. The van der Waals surface area contributed by atoms with Crippen LogP contribution in [0.15, 0.2) is 0 Å². The van der Waals surface area contributed by atoms with Crippen LogP contribution in [0.4, 0.5) is 0 Å². The van der Waals surface area contributed by atoms with Gasteiger partial charge in [-0.2, -0.15) is 0 Å². The van der Waals surface area contributed by atoms with Crippen molar-refractivity contribution >= 4 is 23.9 Å². The molecule has 1 aliphatic rings. The molecule has 0 saturated carbocycles. The number of hydrogen-bond donors (Lipinski definition) is 0. The summed E-state index contributed by atoms with van der Waals surface area (Å²) in [4.78, 5) is 46.5. The van der Waals surface area contributed by atoms with Crippen molar-refractivity contribution in [1.29, 1.82) is 0 Å². The molecule has 1 unspecified atom stereocenters. The van der Waals surface area contributed by atoms with Gasteiger partial charge in [-0.05, 0) is 6.42 Å². The number of ether oxygens (including phenoxy) is 4. The Labute approximate surface area is 146 Å². The summed E-state index contributed by atoms with van der Waals surface area (Å²) >= 11 is 0. The molecule has 0 aromatic carbocycles. The lowest BCUT2D eigenvalue weighted by Crippen LogP contribution is -2.34. The molecule has 0 aromatic rings. The molecule has 25 heavy (non-hydrogen) atoms. The second-order valence-corrected chi connectivity index (χ2v) is 5.61. The van der Waals surface area contributed by atoms with Crippen LogP contribution in [0, 0.1) is 5.92 Å². The molecule has 1 heterocycles. The maximum Gasteiger partial charge on any atom is 0.312 e. The molecule has 0 amide bonds. The third-order valence-electron chi connectivity index (χ3n) is 3.55. The van der Waals surface area contributed by atoms with Gasteiger partial charge in [0.25, 0.3) is 0 Å². The summed E-state index contributed by atoms with van der Waals surface area (Å²) in [6.07, 6.45) is 0.672. The van der Waals surface area contributed by atoms with Crippen LogP contribution in [0.1, 0.15) is 26.7 Å². The molecule has 1 atom stereocenters. The van der Waals surface area contributed by atoms with E-state index in [2.05, 4.69) is 0 Å². The highest BCUT2D eigenvalue weighted by molar-refractivity contribution is 5.75. The summed E-state index contributed by atoms with van der Waals surface area (Å²) in [6, 6.07) is 0. The Balaban J connectivity index is 2.29. The number of rotatable bonds is 11. The van der Waals surface area contributed by atoms with Crippen molar-refractivity contribution in [2.24, 2.45) is 5.92 Å². The van der Waals surface area contributed by atoms with Crippen LogP contribution in [0.25, 0.3) is 0 Å². The van der Waals surface area contributed by atoms with Gasteiger partial charge in [0.15, 0.2) is 0 Å². The Bertz CT molecular complexity index is 459. The van der Waals surface area contributed by atoms with Gasteiger partial charge < -0.3 is 18.9 Å². The fourth-order valence-electron chi connectivity index (χ4n) is 2.18. The van der Waals surface area contributed by atoms with Crippen LogP contribution in [0.5, 0.6) is 0 Å². The van der Waals surface area contributed by atoms with Crippen LogP contribution in [0.3, 0.4) is 0 Å². The van der Waals surface area contributed by atoms with Crippen molar-refractivity contribution in [1.82, 2.24) is 4.90 Å². The molecule has 142 valence electrons. The lowest BCUT2D eigenvalue weighted by Gasteiger charge is -2.21. The van der Waals surface area contributed by atoms with Gasteiger partial charge in [-0.1, -0.05) is 0 Å². The van der Waals surface area contributed by atoms with E-state index in [1.54, 1.807) is 0 Å². The zero-order chi connectivity index (χ0) is 18.7. The molecule has 1 rings (SSSR count). The summed E-state index contributed by atoms with van der Waals surface area (Å²) < 4.78 is 19.7. The van der Waals surface area contributed by atoms with Gasteiger partial charge in [0.05, 0.1) is 18.9 Å². The molecule has 1 aliphatic heterocycles. The fraction of sp³-hybridized carbons (Fsp3) is 0.750. The number of carbonyl (C=O) groups is 4. The molecule has 1 saturated heterocycles. The highest BCUT2D eigenvalue weighted by Gasteiger charge is 2.27. The van der Waals surface area contributed by atoms with E-state index in [-0.39, 0.29) is 50.1 Å². The number of nitrogens with zero attached hydrogens (tertiary/aromatic N) is 1. The second-order valence-electron chi connectivity index (χ2n) is 5.61. The molecule has 0 aliphatic carbocycles. The predicted molar refractivity (Wildman–Crippen MR) is 84.3 cm³/mol. The third-order valence-corrected chi connectivity index (χ3v) is 3.55. The van der Waals surface area contributed by atoms with E-state index < -0.39 is 5.97 Å². The molecule has 9 nitrogen and oxygen atoms in total. The van der Waals surface area contributed by atoms with Crippen LogP contribution < -0.4 is 0 Å². The molecule has 0 N–H and O–H groups in total. The van der Waals surface area contributed by atoms with E-state index in [0.29, 0.717) is 32.7 Å². The summed E-state index contributed by atoms with van der Waals surface area (Å²) in [7, 11) is 0. The molecular formula is C16H25NO8. The van der Waals surface area contributed by atoms with Crippen molar-refractivity contribution in [3.05, 3.63) is 0 Å². The Kier molecular flexibility index (Phi) is 9.53. The van der Waals surface area contributed by atoms with E-state index in [0.717, 1.165) is 0 Å². The topological polar surface area (TPSA) is 108 Å². The maximum absolute atomic E-state index is 11.8. The largest absolute Gasteiger partial charge is 0.465 e. The van der Waals surface area contributed by atoms with E-state index in [1.807, 2.05) is 4.90 Å². The van der Waals surface area contributed by atoms with Gasteiger partial charge in [-0.3, -0.25) is 24.1 Å². The molecule has 0 spiro atoms. The standard InChI is InChI=1S/C16H25NO8/c1-12(18)22-9-6-17(7-10-23-13(2)19)5-3-15(20)25-11-14-4-8-24-16(14)21/h14H,3-11H2,1-2H3. The highest BCUT2D eigenvalue weighted by Crippen LogP contribution is 2.14. The third kappa shape index (κ3) is 9.65. The quantitative estimate of drug-likeness (QED) is 0.369. The molecule has 0 aromatic heterocycles. The normalized spacial score (nSPS) is 16.4. The van der Waals surface area contributed by atoms with E-state index in [9.17, 15) is 19.2 Å². The van der Waals surface area contributed by atoms with Crippen molar-refractivity contribution in [3.8, 4) is 0 Å². The molecule has 1 fully saturated rings. The molecule has 0 bridgehead atoms. The van der Waals surface area contributed by atoms with Crippen molar-refractivity contribution < 1.29 is 38.1 Å². The first kappa shape index (κ1) is 20.9. The zero-order valence-electron chi connectivity index (χ0n) is 14.7. The van der Waals surface area contributed by atoms with Crippen LogP contribution in [0.2, 0.25) is 0 Å². The average Bonchev–Trinajstić information content (AvgIpc) is 2.94. The van der Waals surface area contributed by atoms with Crippen molar-refractivity contribution in [3.63, 3.8) is 0 Å². The first-order valence-electron chi connectivity index (χ1n) is 8.20. The minimum atomic E-state index is -0.426. The Morgan fingerprint density at radius 3 is 2.12 bits per heavy atom. The fourth-order valence-corrected chi connectivity index (χ4v) is 2.18. The summed E-state index contributed by atoms with van der Waals surface area (Å²) in [5.74, 6) is -1.92.